The van der Waals surface area contributed by atoms with E-state index in [9.17, 15) is 9.18 Å². The molecule has 0 saturated carbocycles. The van der Waals surface area contributed by atoms with Crippen LogP contribution < -0.4 is 5.56 Å². The second-order valence-corrected chi connectivity index (χ2v) is 7.79. The molecule has 0 spiro atoms. The van der Waals surface area contributed by atoms with Gasteiger partial charge in [0.05, 0.1) is 23.3 Å². The van der Waals surface area contributed by atoms with Crippen molar-refractivity contribution in [3.05, 3.63) is 76.6 Å². The predicted octanol–water partition coefficient (Wildman–Crippen LogP) is 3.16. The van der Waals surface area contributed by atoms with Crippen LogP contribution in [0.2, 0.25) is 0 Å². The molecular formula is C22H19FN6O3. The third-order valence-corrected chi connectivity index (χ3v) is 5.43. The highest BCUT2D eigenvalue weighted by atomic mass is 19.1. The molecule has 0 bridgehead atoms. The Morgan fingerprint density at radius 3 is 2.75 bits per heavy atom. The van der Waals surface area contributed by atoms with E-state index in [-0.39, 0.29) is 29.2 Å². The summed E-state index contributed by atoms with van der Waals surface area (Å²) in [5, 5.41) is 3.99. The number of fused-ring (bicyclic) bond motifs is 3. The fraction of sp³-hybridized carbons (Fsp3) is 0.227. The lowest BCUT2D eigenvalue weighted by Crippen LogP contribution is -2.24. The molecule has 1 aromatic carbocycles. The zero-order valence-electron chi connectivity index (χ0n) is 17.6. The number of hydrogen-bond acceptors (Lipinski definition) is 7. The second kappa shape index (κ2) is 7.34. The van der Waals surface area contributed by atoms with E-state index in [2.05, 4.69) is 20.1 Å². The molecule has 0 aliphatic carbocycles. The summed E-state index contributed by atoms with van der Waals surface area (Å²) in [6.07, 6.45) is 3.13. The van der Waals surface area contributed by atoms with Gasteiger partial charge in [-0.1, -0.05) is 11.2 Å². The van der Waals surface area contributed by atoms with Gasteiger partial charge in [0.2, 0.25) is 5.82 Å². The molecule has 0 N–H and O–H groups in total. The van der Waals surface area contributed by atoms with Gasteiger partial charge in [-0.25, -0.2) is 9.37 Å². The average molecular weight is 434 g/mol. The standard InChI is InChI=1S/C22H19FN6O3/c1-22(2,31-3)21-26-19(32-27-21)17-18-20(30)28(11-14-6-4-5-9-24-14)16-10-13(23)7-8-15(16)29(18)12-25-17/h4-10,12H,11H2,1-3H3. The molecule has 0 aliphatic heterocycles. The first-order valence-corrected chi connectivity index (χ1v) is 9.88. The van der Waals surface area contributed by atoms with Gasteiger partial charge in [-0.15, -0.1) is 0 Å². The Kier molecular flexibility index (Phi) is 4.59. The number of rotatable bonds is 5. The highest BCUT2D eigenvalue weighted by molar-refractivity contribution is 5.83. The molecular weight excluding hydrogens is 415 g/mol. The van der Waals surface area contributed by atoms with Crippen molar-refractivity contribution < 1.29 is 13.7 Å². The van der Waals surface area contributed by atoms with E-state index in [1.54, 1.807) is 49.8 Å². The van der Waals surface area contributed by atoms with Crippen molar-refractivity contribution in [1.29, 1.82) is 0 Å². The van der Waals surface area contributed by atoms with Gasteiger partial charge in [0.1, 0.15) is 23.3 Å². The normalized spacial score (nSPS) is 12.1. The molecule has 0 aliphatic rings. The molecule has 9 nitrogen and oxygen atoms in total. The van der Waals surface area contributed by atoms with Crippen molar-refractivity contribution in [2.75, 3.05) is 7.11 Å². The average Bonchev–Trinajstić information content (AvgIpc) is 3.45. The molecule has 5 aromatic rings. The fourth-order valence-electron chi connectivity index (χ4n) is 3.51. The monoisotopic (exact) mass is 434 g/mol. The number of halogens is 1. The molecule has 5 rings (SSSR count). The van der Waals surface area contributed by atoms with Crippen LogP contribution in [0.4, 0.5) is 4.39 Å². The molecule has 0 fully saturated rings. The Balaban J connectivity index is 1.77. The number of methoxy groups -OCH3 is 1. The van der Waals surface area contributed by atoms with Gasteiger partial charge in [-0.05, 0) is 44.2 Å². The van der Waals surface area contributed by atoms with Gasteiger partial charge >= 0.3 is 0 Å². The van der Waals surface area contributed by atoms with Crippen LogP contribution >= 0.6 is 0 Å². The van der Waals surface area contributed by atoms with Crippen LogP contribution in [-0.4, -0.2) is 36.2 Å². The number of benzene rings is 1. The number of hydrogen-bond donors (Lipinski definition) is 0. The minimum absolute atomic E-state index is 0.0931. The van der Waals surface area contributed by atoms with Crippen molar-refractivity contribution in [2.45, 2.75) is 26.0 Å². The Labute approximate surface area is 181 Å². The summed E-state index contributed by atoms with van der Waals surface area (Å²) in [6.45, 7) is 3.76. The molecule has 0 amide bonds. The van der Waals surface area contributed by atoms with Crippen LogP contribution in [0.3, 0.4) is 0 Å². The summed E-state index contributed by atoms with van der Waals surface area (Å²) in [4.78, 5) is 26.7. The van der Waals surface area contributed by atoms with E-state index >= 15 is 0 Å². The van der Waals surface area contributed by atoms with Crippen LogP contribution in [-0.2, 0) is 16.9 Å². The van der Waals surface area contributed by atoms with Gasteiger partial charge in [0, 0.05) is 13.3 Å². The molecule has 32 heavy (non-hydrogen) atoms. The van der Waals surface area contributed by atoms with Crippen LogP contribution in [0.25, 0.3) is 28.1 Å². The van der Waals surface area contributed by atoms with Gasteiger partial charge in [0.25, 0.3) is 11.4 Å². The maximum absolute atomic E-state index is 14.1. The van der Waals surface area contributed by atoms with Gasteiger partial charge in [0.15, 0.2) is 5.69 Å². The SMILES string of the molecule is COC(C)(C)c1noc(-c2ncn3c2c(=O)n(Cc2ccccn2)c2cc(F)ccc23)n1. The fourth-order valence-corrected chi connectivity index (χ4v) is 3.51. The lowest BCUT2D eigenvalue weighted by Gasteiger charge is -2.17. The molecule has 0 saturated heterocycles. The topological polar surface area (TPSA) is 100 Å². The van der Waals surface area contributed by atoms with Crippen molar-refractivity contribution in [2.24, 2.45) is 0 Å². The summed E-state index contributed by atoms with van der Waals surface area (Å²) in [5.41, 5.74) is 1.00. The number of nitrogens with zero attached hydrogens (tertiary/aromatic N) is 6. The number of aromatic nitrogens is 6. The van der Waals surface area contributed by atoms with Crippen LogP contribution in [0.5, 0.6) is 0 Å². The number of imidazole rings is 1. The molecule has 10 heteroatoms. The van der Waals surface area contributed by atoms with Crippen LogP contribution in [0.1, 0.15) is 25.4 Å². The Bertz CT molecular complexity index is 1500. The third-order valence-electron chi connectivity index (χ3n) is 5.43. The van der Waals surface area contributed by atoms with Gasteiger partial charge < -0.3 is 9.26 Å². The van der Waals surface area contributed by atoms with Crippen molar-refractivity contribution in [3.63, 3.8) is 0 Å². The Hall–Kier alpha value is -3.92. The highest BCUT2D eigenvalue weighted by Gasteiger charge is 2.28. The van der Waals surface area contributed by atoms with Gasteiger partial charge in [-0.2, -0.15) is 4.98 Å². The summed E-state index contributed by atoms with van der Waals surface area (Å²) in [6, 6.07) is 9.68. The molecule has 0 unspecified atom stereocenters. The highest BCUT2D eigenvalue weighted by Crippen LogP contribution is 2.27. The lowest BCUT2D eigenvalue weighted by atomic mass is 10.1. The van der Waals surface area contributed by atoms with E-state index in [0.717, 1.165) is 0 Å². The van der Waals surface area contributed by atoms with Crippen molar-refractivity contribution in [3.8, 4) is 11.6 Å². The molecule has 162 valence electrons. The summed E-state index contributed by atoms with van der Waals surface area (Å²) in [5.74, 6) is -0.0295. The number of pyridine rings is 1. The van der Waals surface area contributed by atoms with Crippen molar-refractivity contribution >= 4 is 16.6 Å². The maximum Gasteiger partial charge on any atom is 0.279 e. The van der Waals surface area contributed by atoms with E-state index in [1.165, 1.54) is 23.0 Å². The molecule has 4 heterocycles. The Morgan fingerprint density at radius 1 is 1.16 bits per heavy atom. The minimum Gasteiger partial charge on any atom is -0.371 e. The summed E-state index contributed by atoms with van der Waals surface area (Å²) < 4.78 is 28.0. The lowest BCUT2D eigenvalue weighted by molar-refractivity contribution is 0.00973. The zero-order chi connectivity index (χ0) is 22.5. The Morgan fingerprint density at radius 2 is 2.00 bits per heavy atom. The van der Waals surface area contributed by atoms with Crippen LogP contribution in [0.15, 0.2) is 58.2 Å². The first-order valence-electron chi connectivity index (χ1n) is 9.88. The third kappa shape index (κ3) is 3.16. The van der Waals surface area contributed by atoms with E-state index in [0.29, 0.717) is 22.6 Å². The summed E-state index contributed by atoms with van der Waals surface area (Å²) in [7, 11) is 1.55. The quantitative estimate of drug-likeness (QED) is 0.419. The zero-order valence-corrected chi connectivity index (χ0v) is 17.6. The largest absolute Gasteiger partial charge is 0.371 e. The smallest absolute Gasteiger partial charge is 0.279 e. The van der Waals surface area contributed by atoms with E-state index in [1.807, 2.05) is 6.07 Å². The van der Waals surface area contributed by atoms with Gasteiger partial charge in [-0.3, -0.25) is 18.7 Å². The predicted molar refractivity (Wildman–Crippen MR) is 114 cm³/mol. The van der Waals surface area contributed by atoms with E-state index < -0.39 is 11.4 Å². The molecule has 0 radical (unpaired) electrons. The van der Waals surface area contributed by atoms with Crippen molar-refractivity contribution in [1.82, 2.24) is 29.1 Å². The molecule has 4 aromatic heterocycles. The van der Waals surface area contributed by atoms with E-state index in [4.69, 9.17) is 9.26 Å². The summed E-state index contributed by atoms with van der Waals surface area (Å²) >= 11 is 0. The minimum atomic E-state index is -0.777. The first kappa shape index (κ1) is 20.0. The van der Waals surface area contributed by atoms with Crippen LogP contribution in [0, 0.1) is 5.82 Å². The second-order valence-electron chi connectivity index (χ2n) is 7.79. The maximum atomic E-state index is 14.1. The first-order chi connectivity index (χ1) is 15.4. The number of ether oxygens (including phenoxy) is 1. The molecule has 0 atom stereocenters.